The number of fused-ring (bicyclic) bond motifs is 2. The van der Waals surface area contributed by atoms with Gasteiger partial charge in [-0.1, -0.05) is 42.6 Å². The van der Waals surface area contributed by atoms with Gasteiger partial charge in [0.15, 0.2) is 0 Å². The van der Waals surface area contributed by atoms with E-state index in [1.54, 1.807) is 18.2 Å². The maximum atomic E-state index is 14.0. The van der Waals surface area contributed by atoms with E-state index < -0.39 is 29.0 Å². The van der Waals surface area contributed by atoms with E-state index in [1.165, 1.54) is 18.2 Å². The van der Waals surface area contributed by atoms with Crippen molar-refractivity contribution in [3.8, 4) is 0 Å². The van der Waals surface area contributed by atoms with Gasteiger partial charge in [-0.3, -0.25) is 10.2 Å². The predicted molar refractivity (Wildman–Crippen MR) is 120 cm³/mol. The molecule has 1 amide bonds. The molecule has 2 aliphatic rings. The number of nitrogens with one attached hydrogen (secondary N) is 1. The molecule has 0 saturated carbocycles. The predicted octanol–water partition coefficient (Wildman–Crippen LogP) is 5.77. The molecule has 4 rings (SSSR count). The van der Waals surface area contributed by atoms with Crippen LogP contribution in [0.2, 0.25) is 10.0 Å². The SMILES string of the molecule is CCC[C@@](C(=O)O)(c1ccc(Cl)c(Cl)c1)N1CCC2(CC1)OC(=O)Nc1ccc(F)cc12. The lowest BCUT2D eigenvalue weighted by molar-refractivity contribution is -0.157. The van der Waals surface area contributed by atoms with Crippen LogP contribution in [0.5, 0.6) is 0 Å². The Bertz CT molecular complexity index is 1070. The highest BCUT2D eigenvalue weighted by Crippen LogP contribution is 2.47. The van der Waals surface area contributed by atoms with Crippen molar-refractivity contribution < 1.29 is 23.8 Å². The van der Waals surface area contributed by atoms with E-state index >= 15 is 0 Å². The van der Waals surface area contributed by atoms with E-state index in [1.807, 2.05) is 11.8 Å². The van der Waals surface area contributed by atoms with E-state index in [-0.39, 0.29) is 5.02 Å². The van der Waals surface area contributed by atoms with Crippen molar-refractivity contribution in [2.75, 3.05) is 18.4 Å². The lowest BCUT2D eigenvalue weighted by atomic mass is 9.77. The number of anilines is 1. The van der Waals surface area contributed by atoms with Gasteiger partial charge in [-0.2, -0.15) is 0 Å². The standard InChI is InChI=1S/C23H23Cl2FN2O4/c1-2-7-23(20(29)30,14-3-5-17(24)18(25)12-14)28-10-8-22(9-11-28)16-13-15(26)4-6-19(16)27-21(31)32-22/h3-6,12-13H,2,7-11H2,1H3,(H,27,31)(H,29,30)/t23-/m0/s1. The number of hydrogen-bond donors (Lipinski definition) is 2. The molecule has 6 nitrogen and oxygen atoms in total. The molecule has 2 N–H and O–H groups in total. The summed E-state index contributed by atoms with van der Waals surface area (Å²) < 4.78 is 19.7. The zero-order chi connectivity index (χ0) is 23.1. The fraction of sp³-hybridized carbons (Fsp3) is 0.391. The Balaban J connectivity index is 1.71. The molecule has 170 valence electrons. The van der Waals surface area contributed by atoms with Gasteiger partial charge in [0.25, 0.3) is 0 Å². The molecule has 0 unspecified atom stereocenters. The van der Waals surface area contributed by atoms with Crippen LogP contribution in [-0.2, 0) is 20.7 Å². The second-order valence-corrected chi connectivity index (χ2v) is 9.04. The molecule has 0 bridgehead atoms. The van der Waals surface area contributed by atoms with E-state index in [2.05, 4.69) is 5.32 Å². The van der Waals surface area contributed by atoms with E-state index in [0.717, 1.165) is 0 Å². The van der Waals surface area contributed by atoms with Gasteiger partial charge in [0, 0.05) is 31.5 Å². The van der Waals surface area contributed by atoms with E-state index in [9.17, 15) is 19.1 Å². The molecular weight excluding hydrogens is 458 g/mol. The first-order valence-corrected chi connectivity index (χ1v) is 11.2. The summed E-state index contributed by atoms with van der Waals surface area (Å²) in [5.41, 5.74) is -0.691. The normalized spacial score (nSPS) is 19.6. The Kier molecular flexibility index (Phi) is 6.09. The fourth-order valence-electron chi connectivity index (χ4n) is 4.96. The molecule has 1 spiro atoms. The van der Waals surface area contributed by atoms with Crippen LogP contribution in [0.3, 0.4) is 0 Å². The molecule has 2 heterocycles. The summed E-state index contributed by atoms with van der Waals surface area (Å²) in [7, 11) is 0. The first-order valence-electron chi connectivity index (χ1n) is 10.5. The van der Waals surface area contributed by atoms with Crippen molar-refractivity contribution in [2.24, 2.45) is 0 Å². The number of carbonyl (C=O) groups excluding carboxylic acids is 1. The number of hydrogen-bond acceptors (Lipinski definition) is 4. The topological polar surface area (TPSA) is 78.9 Å². The third-order valence-corrected chi connectivity index (χ3v) is 7.21. The monoisotopic (exact) mass is 480 g/mol. The third kappa shape index (κ3) is 3.72. The Hall–Kier alpha value is -2.35. The first-order chi connectivity index (χ1) is 15.2. The summed E-state index contributed by atoms with van der Waals surface area (Å²) in [6.07, 6.45) is 1.05. The zero-order valence-electron chi connectivity index (χ0n) is 17.5. The minimum atomic E-state index is -1.31. The molecule has 0 aromatic heterocycles. The van der Waals surface area contributed by atoms with Crippen molar-refractivity contribution in [2.45, 2.75) is 43.7 Å². The summed E-state index contributed by atoms with van der Waals surface area (Å²) in [6.45, 7) is 2.58. The number of aliphatic carboxylic acids is 1. The van der Waals surface area contributed by atoms with Gasteiger partial charge in [-0.25, -0.2) is 14.0 Å². The van der Waals surface area contributed by atoms with E-state index in [4.69, 9.17) is 27.9 Å². The molecule has 9 heteroatoms. The minimum Gasteiger partial charge on any atom is -0.480 e. The Morgan fingerprint density at radius 1 is 1.22 bits per heavy atom. The van der Waals surface area contributed by atoms with Gasteiger partial charge in [-0.05, 0) is 42.3 Å². The maximum Gasteiger partial charge on any atom is 0.412 e. The number of carboxylic acids is 1. The van der Waals surface area contributed by atoms with Crippen LogP contribution in [0.1, 0.15) is 43.7 Å². The van der Waals surface area contributed by atoms with Gasteiger partial charge in [0.2, 0.25) is 0 Å². The number of carbonyl (C=O) groups is 2. The first kappa shape index (κ1) is 22.8. The molecule has 2 aromatic rings. The molecule has 1 atom stereocenters. The molecule has 32 heavy (non-hydrogen) atoms. The Morgan fingerprint density at radius 2 is 1.94 bits per heavy atom. The van der Waals surface area contributed by atoms with Crippen molar-refractivity contribution in [3.63, 3.8) is 0 Å². The van der Waals surface area contributed by atoms with Crippen LogP contribution in [0.15, 0.2) is 36.4 Å². The highest BCUT2D eigenvalue weighted by atomic mass is 35.5. The summed E-state index contributed by atoms with van der Waals surface area (Å²) >= 11 is 12.3. The molecule has 0 radical (unpaired) electrons. The average Bonchev–Trinajstić information content (AvgIpc) is 2.75. The number of nitrogens with zero attached hydrogens (tertiary/aromatic N) is 1. The summed E-state index contributed by atoms with van der Waals surface area (Å²) in [5, 5.41) is 13.6. The van der Waals surface area contributed by atoms with Gasteiger partial charge in [-0.15, -0.1) is 0 Å². The van der Waals surface area contributed by atoms with Crippen LogP contribution in [-0.4, -0.2) is 35.2 Å². The van der Waals surface area contributed by atoms with Crippen molar-refractivity contribution in [1.29, 1.82) is 0 Å². The fourth-order valence-corrected chi connectivity index (χ4v) is 5.26. The second-order valence-electron chi connectivity index (χ2n) is 8.23. The Labute approximate surface area is 195 Å². The highest BCUT2D eigenvalue weighted by molar-refractivity contribution is 6.42. The molecule has 1 saturated heterocycles. The van der Waals surface area contributed by atoms with Crippen molar-refractivity contribution in [3.05, 3.63) is 63.4 Å². The molecule has 0 aliphatic carbocycles. The van der Waals surface area contributed by atoms with Crippen LogP contribution in [0.4, 0.5) is 14.9 Å². The Morgan fingerprint density at radius 3 is 2.56 bits per heavy atom. The number of benzene rings is 2. The van der Waals surface area contributed by atoms with Gasteiger partial charge < -0.3 is 9.84 Å². The summed E-state index contributed by atoms with van der Waals surface area (Å²) in [4.78, 5) is 26.8. The van der Waals surface area contributed by atoms with Gasteiger partial charge in [0.1, 0.15) is 17.0 Å². The van der Waals surface area contributed by atoms with Gasteiger partial charge in [0.05, 0.1) is 15.7 Å². The quantitative estimate of drug-likeness (QED) is 0.567. The van der Waals surface area contributed by atoms with Crippen LogP contribution in [0.25, 0.3) is 0 Å². The number of likely N-dealkylation sites (tertiary alicyclic amines) is 1. The maximum absolute atomic E-state index is 14.0. The smallest absolute Gasteiger partial charge is 0.412 e. The number of carboxylic acid groups (broad SMARTS) is 1. The molecule has 2 aromatic carbocycles. The second kappa shape index (κ2) is 8.54. The molecular formula is C23H23Cl2FN2O4. The van der Waals surface area contributed by atoms with Crippen molar-refractivity contribution in [1.82, 2.24) is 4.90 Å². The summed E-state index contributed by atoms with van der Waals surface area (Å²) in [5.74, 6) is -1.41. The average molecular weight is 481 g/mol. The lowest BCUT2D eigenvalue weighted by Crippen LogP contribution is -2.58. The zero-order valence-corrected chi connectivity index (χ0v) is 19.0. The molecule has 1 fully saturated rings. The van der Waals surface area contributed by atoms with Crippen LogP contribution >= 0.6 is 23.2 Å². The summed E-state index contributed by atoms with van der Waals surface area (Å²) in [6, 6.07) is 9.08. The number of amides is 1. The van der Waals surface area contributed by atoms with Crippen LogP contribution in [0, 0.1) is 5.82 Å². The molecule has 2 aliphatic heterocycles. The van der Waals surface area contributed by atoms with Crippen LogP contribution < -0.4 is 5.32 Å². The number of piperidine rings is 1. The largest absolute Gasteiger partial charge is 0.480 e. The number of ether oxygens (including phenoxy) is 1. The van der Waals surface area contributed by atoms with Crippen molar-refractivity contribution >= 4 is 41.0 Å². The van der Waals surface area contributed by atoms with E-state index in [0.29, 0.717) is 60.6 Å². The lowest BCUT2D eigenvalue weighted by Gasteiger charge is -2.49. The minimum absolute atomic E-state index is 0.288. The highest BCUT2D eigenvalue weighted by Gasteiger charge is 2.51. The van der Waals surface area contributed by atoms with Gasteiger partial charge >= 0.3 is 12.1 Å². The number of rotatable bonds is 5. The third-order valence-electron chi connectivity index (χ3n) is 6.47. The number of halogens is 3.